The summed E-state index contributed by atoms with van der Waals surface area (Å²) in [5, 5.41) is 2.61. The molecule has 0 aliphatic heterocycles. The van der Waals surface area contributed by atoms with Crippen LogP contribution in [0.4, 0.5) is 10.1 Å². The van der Waals surface area contributed by atoms with Gasteiger partial charge in [-0.2, -0.15) is 0 Å². The first kappa shape index (κ1) is 17.3. The van der Waals surface area contributed by atoms with Gasteiger partial charge in [0.1, 0.15) is 5.82 Å². The summed E-state index contributed by atoms with van der Waals surface area (Å²) in [6, 6.07) is 11.8. The first-order valence-electron chi connectivity index (χ1n) is 7.79. The summed E-state index contributed by atoms with van der Waals surface area (Å²) in [4.78, 5) is 12.1. The molecule has 0 aromatic heterocycles. The molecule has 1 fully saturated rings. The predicted molar refractivity (Wildman–Crippen MR) is 93.8 cm³/mol. The smallest absolute Gasteiger partial charge is 0.248 e. The van der Waals surface area contributed by atoms with E-state index in [1.807, 2.05) is 0 Å². The lowest BCUT2D eigenvalue weighted by Gasteiger charge is -2.08. The number of hydrogen-bond acceptors (Lipinski definition) is 3. The van der Waals surface area contributed by atoms with Gasteiger partial charge < -0.3 is 5.32 Å². The van der Waals surface area contributed by atoms with Gasteiger partial charge in [-0.15, -0.1) is 0 Å². The lowest BCUT2D eigenvalue weighted by atomic mass is 10.2. The zero-order valence-electron chi connectivity index (χ0n) is 13.3. The van der Waals surface area contributed by atoms with Crippen LogP contribution in [-0.4, -0.2) is 20.4 Å². The SMILES string of the molecule is O=C(/C=C/c1ccc(F)cc1)Nc1cccc(S(=O)(=O)NC2CC2)c1. The maximum absolute atomic E-state index is 12.8. The van der Waals surface area contributed by atoms with Gasteiger partial charge in [-0.3, -0.25) is 4.79 Å². The lowest BCUT2D eigenvalue weighted by molar-refractivity contribution is -0.111. The Hall–Kier alpha value is -2.51. The zero-order chi connectivity index (χ0) is 17.9. The van der Waals surface area contributed by atoms with Gasteiger partial charge in [0.25, 0.3) is 0 Å². The minimum Gasteiger partial charge on any atom is -0.322 e. The van der Waals surface area contributed by atoms with Crippen LogP contribution in [0.2, 0.25) is 0 Å². The second-order valence-corrected chi connectivity index (χ2v) is 7.51. The van der Waals surface area contributed by atoms with Gasteiger partial charge in [-0.05, 0) is 54.8 Å². The van der Waals surface area contributed by atoms with E-state index in [9.17, 15) is 17.6 Å². The molecule has 0 spiro atoms. The van der Waals surface area contributed by atoms with Crippen LogP contribution in [-0.2, 0) is 14.8 Å². The van der Waals surface area contributed by atoms with E-state index in [2.05, 4.69) is 10.0 Å². The third-order valence-electron chi connectivity index (χ3n) is 3.61. The summed E-state index contributed by atoms with van der Waals surface area (Å²) >= 11 is 0. The van der Waals surface area contributed by atoms with Crippen molar-refractivity contribution in [2.75, 3.05) is 5.32 Å². The molecule has 7 heteroatoms. The standard InChI is InChI=1S/C18H17FN2O3S/c19-14-7-4-13(5-8-14)6-11-18(22)20-16-2-1-3-17(12-16)25(23,24)21-15-9-10-15/h1-8,11-12,15,21H,9-10H2,(H,20,22)/b11-6+. The van der Waals surface area contributed by atoms with Crippen LogP contribution in [0.15, 0.2) is 59.5 Å². The summed E-state index contributed by atoms with van der Waals surface area (Å²) in [5.74, 6) is -0.756. The molecule has 0 heterocycles. The van der Waals surface area contributed by atoms with Crippen LogP contribution in [0.3, 0.4) is 0 Å². The van der Waals surface area contributed by atoms with Crippen molar-refractivity contribution in [2.24, 2.45) is 0 Å². The minimum atomic E-state index is -3.57. The molecule has 130 valence electrons. The van der Waals surface area contributed by atoms with Gasteiger partial charge in [0.05, 0.1) is 4.90 Å². The Labute approximate surface area is 145 Å². The van der Waals surface area contributed by atoms with Crippen molar-refractivity contribution in [3.05, 3.63) is 66.0 Å². The van der Waals surface area contributed by atoms with E-state index >= 15 is 0 Å². The highest BCUT2D eigenvalue weighted by Crippen LogP contribution is 2.23. The molecule has 0 radical (unpaired) electrons. The Morgan fingerprint density at radius 3 is 2.52 bits per heavy atom. The van der Waals surface area contributed by atoms with Gasteiger partial charge in [0.2, 0.25) is 15.9 Å². The van der Waals surface area contributed by atoms with Crippen molar-refractivity contribution < 1.29 is 17.6 Å². The first-order valence-corrected chi connectivity index (χ1v) is 9.28. The number of rotatable bonds is 6. The second-order valence-electron chi connectivity index (χ2n) is 5.80. The topological polar surface area (TPSA) is 75.3 Å². The number of benzene rings is 2. The summed E-state index contributed by atoms with van der Waals surface area (Å²) < 4.78 is 39.8. The number of carbonyl (C=O) groups excluding carboxylic acids is 1. The van der Waals surface area contributed by atoms with E-state index in [1.54, 1.807) is 30.3 Å². The van der Waals surface area contributed by atoms with Crippen LogP contribution in [0.1, 0.15) is 18.4 Å². The fourth-order valence-corrected chi connectivity index (χ4v) is 3.51. The molecule has 3 rings (SSSR count). The lowest BCUT2D eigenvalue weighted by Crippen LogP contribution is -2.25. The second kappa shape index (κ2) is 7.16. The Morgan fingerprint density at radius 2 is 1.84 bits per heavy atom. The van der Waals surface area contributed by atoms with E-state index < -0.39 is 15.9 Å². The number of carbonyl (C=O) groups is 1. The summed E-state index contributed by atoms with van der Waals surface area (Å²) in [6.45, 7) is 0. The molecule has 0 atom stereocenters. The molecular weight excluding hydrogens is 343 g/mol. The summed E-state index contributed by atoms with van der Waals surface area (Å²) in [6.07, 6.45) is 4.55. The van der Waals surface area contributed by atoms with Gasteiger partial charge in [-0.1, -0.05) is 18.2 Å². The Bertz CT molecular complexity index is 904. The number of hydrogen-bond donors (Lipinski definition) is 2. The van der Waals surface area contributed by atoms with E-state index in [0.717, 1.165) is 12.8 Å². The van der Waals surface area contributed by atoms with Crippen LogP contribution in [0, 0.1) is 5.82 Å². The Balaban J connectivity index is 1.67. The quantitative estimate of drug-likeness (QED) is 0.778. The largest absolute Gasteiger partial charge is 0.322 e. The molecule has 0 bridgehead atoms. The summed E-state index contributed by atoms with van der Waals surface area (Å²) in [7, 11) is -3.57. The van der Waals surface area contributed by atoms with Crippen LogP contribution in [0.5, 0.6) is 0 Å². The monoisotopic (exact) mass is 360 g/mol. The molecule has 1 aliphatic rings. The molecule has 0 unspecified atom stereocenters. The van der Waals surface area contributed by atoms with Gasteiger partial charge in [0, 0.05) is 17.8 Å². The maximum atomic E-state index is 12.8. The number of amides is 1. The van der Waals surface area contributed by atoms with Gasteiger partial charge in [0.15, 0.2) is 0 Å². The van der Waals surface area contributed by atoms with Gasteiger partial charge in [-0.25, -0.2) is 17.5 Å². The highest BCUT2D eigenvalue weighted by molar-refractivity contribution is 7.89. The van der Waals surface area contributed by atoms with Gasteiger partial charge >= 0.3 is 0 Å². The van der Waals surface area contributed by atoms with Crippen LogP contribution >= 0.6 is 0 Å². The van der Waals surface area contributed by atoms with E-state index in [-0.39, 0.29) is 16.8 Å². The first-order chi connectivity index (χ1) is 11.9. The molecule has 2 aromatic rings. The number of halogens is 1. The fourth-order valence-electron chi connectivity index (χ4n) is 2.16. The molecule has 25 heavy (non-hydrogen) atoms. The highest BCUT2D eigenvalue weighted by atomic mass is 32.2. The summed E-state index contributed by atoms with van der Waals surface area (Å²) in [5.41, 5.74) is 1.06. The molecule has 0 saturated heterocycles. The average Bonchev–Trinajstić information content (AvgIpc) is 3.38. The van der Waals surface area contributed by atoms with Crippen LogP contribution in [0.25, 0.3) is 6.08 Å². The van der Waals surface area contributed by atoms with Crippen molar-refractivity contribution in [1.82, 2.24) is 4.72 Å². The predicted octanol–water partition coefficient (Wildman–Crippen LogP) is 2.92. The molecular formula is C18H17FN2O3S. The van der Waals surface area contributed by atoms with Crippen LogP contribution < -0.4 is 10.0 Å². The van der Waals surface area contributed by atoms with E-state index in [0.29, 0.717) is 11.3 Å². The van der Waals surface area contributed by atoms with E-state index in [1.165, 1.54) is 30.3 Å². The van der Waals surface area contributed by atoms with Crippen molar-refractivity contribution in [1.29, 1.82) is 0 Å². The van der Waals surface area contributed by atoms with E-state index in [4.69, 9.17) is 0 Å². The average molecular weight is 360 g/mol. The van der Waals surface area contributed by atoms with Crippen molar-refractivity contribution in [3.8, 4) is 0 Å². The number of anilines is 1. The third-order valence-corrected chi connectivity index (χ3v) is 5.13. The van der Waals surface area contributed by atoms with Crippen molar-refractivity contribution >= 4 is 27.7 Å². The minimum absolute atomic E-state index is 0.0156. The molecule has 1 saturated carbocycles. The third kappa shape index (κ3) is 4.98. The molecule has 2 N–H and O–H groups in total. The highest BCUT2D eigenvalue weighted by Gasteiger charge is 2.28. The molecule has 2 aromatic carbocycles. The zero-order valence-corrected chi connectivity index (χ0v) is 14.1. The molecule has 5 nitrogen and oxygen atoms in total. The number of nitrogens with one attached hydrogen (secondary N) is 2. The molecule has 1 aliphatic carbocycles. The fraction of sp³-hybridized carbons (Fsp3) is 0.167. The van der Waals surface area contributed by atoms with Crippen molar-refractivity contribution in [2.45, 2.75) is 23.8 Å². The maximum Gasteiger partial charge on any atom is 0.248 e. The Morgan fingerprint density at radius 1 is 1.12 bits per heavy atom. The molecule has 1 amide bonds. The normalized spacial score (nSPS) is 14.6. The number of sulfonamides is 1. The Kier molecular flexibility index (Phi) is 4.96. The van der Waals surface area contributed by atoms with Crippen molar-refractivity contribution in [3.63, 3.8) is 0 Å².